The molecule has 4 rings (SSSR count). The Hall–Kier alpha value is -3.87. The first-order valence-corrected chi connectivity index (χ1v) is 9.46. The van der Waals surface area contributed by atoms with Gasteiger partial charge in [0.25, 0.3) is 0 Å². The van der Waals surface area contributed by atoms with E-state index in [1.165, 1.54) is 0 Å². The number of Topliss-reactive ketones (excluding diaryl/α,β-unsaturated/α-hetero) is 1. The van der Waals surface area contributed by atoms with E-state index in [9.17, 15) is 4.79 Å². The highest BCUT2D eigenvalue weighted by Crippen LogP contribution is 2.31. The summed E-state index contributed by atoms with van der Waals surface area (Å²) in [5.41, 5.74) is 2.73. The van der Waals surface area contributed by atoms with Gasteiger partial charge in [0.1, 0.15) is 23.2 Å². The number of methoxy groups -OCH3 is 2. The molecular weight excluding hydrogens is 380 g/mol. The van der Waals surface area contributed by atoms with Crippen molar-refractivity contribution in [2.45, 2.75) is 6.04 Å². The number of carbonyl (C=O) groups is 1. The molecule has 2 aromatic carbocycles. The predicted octanol–water partition coefficient (Wildman–Crippen LogP) is 4.02. The molecule has 4 aromatic rings. The number of ether oxygens (including phenoxy) is 2. The molecule has 0 amide bonds. The van der Waals surface area contributed by atoms with Gasteiger partial charge in [0.2, 0.25) is 5.78 Å². The van der Waals surface area contributed by atoms with Crippen LogP contribution >= 0.6 is 0 Å². The molecule has 0 spiro atoms. The van der Waals surface area contributed by atoms with Crippen LogP contribution in [0.5, 0.6) is 11.5 Å². The zero-order valence-electron chi connectivity index (χ0n) is 17.0. The second-order valence-corrected chi connectivity index (χ2v) is 6.82. The predicted molar refractivity (Wildman–Crippen MR) is 115 cm³/mol. The lowest BCUT2D eigenvalue weighted by Gasteiger charge is -2.19. The summed E-state index contributed by atoms with van der Waals surface area (Å²) in [6.45, 7) is 0. The van der Waals surface area contributed by atoms with Crippen LogP contribution in [0.15, 0.2) is 67.0 Å². The number of nitrogens with zero attached hydrogens (tertiary/aromatic N) is 3. The maximum atomic E-state index is 13.7. The first-order chi connectivity index (χ1) is 14.6. The summed E-state index contributed by atoms with van der Waals surface area (Å²) in [5, 5.41) is 8.63. The number of aromatic nitrogens is 3. The summed E-state index contributed by atoms with van der Waals surface area (Å²) in [7, 11) is 5.00. The van der Waals surface area contributed by atoms with Gasteiger partial charge in [-0.3, -0.25) is 14.5 Å². The van der Waals surface area contributed by atoms with Gasteiger partial charge in [-0.05, 0) is 12.1 Å². The molecule has 0 saturated heterocycles. The molecule has 1 N–H and O–H groups in total. The number of fused-ring (bicyclic) bond motifs is 1. The fourth-order valence-corrected chi connectivity index (χ4v) is 3.44. The van der Waals surface area contributed by atoms with Crippen LogP contribution in [0.1, 0.15) is 22.1 Å². The number of aryl methyl sites for hydroxylation is 1. The highest BCUT2D eigenvalue weighted by atomic mass is 16.5. The Balaban J connectivity index is 1.78. The van der Waals surface area contributed by atoms with E-state index in [4.69, 9.17) is 9.47 Å². The van der Waals surface area contributed by atoms with Gasteiger partial charge >= 0.3 is 0 Å². The van der Waals surface area contributed by atoms with Gasteiger partial charge in [-0.25, -0.2) is 0 Å². The molecule has 2 heterocycles. The minimum absolute atomic E-state index is 0.151. The SMILES string of the molecule is COc1cc(NC(C(=O)c2nn(C)c3ccccc23)c2cccnc2)cc(OC)c1. The van der Waals surface area contributed by atoms with Crippen molar-refractivity contribution < 1.29 is 14.3 Å². The Labute approximate surface area is 174 Å². The summed E-state index contributed by atoms with van der Waals surface area (Å²) in [6.07, 6.45) is 3.36. The number of rotatable bonds is 7. The van der Waals surface area contributed by atoms with Crippen molar-refractivity contribution in [1.29, 1.82) is 0 Å². The third-order valence-electron chi connectivity index (χ3n) is 4.93. The third-order valence-corrected chi connectivity index (χ3v) is 4.93. The Bertz CT molecular complexity index is 1170. The Kier molecular flexibility index (Phi) is 5.34. The lowest BCUT2D eigenvalue weighted by atomic mass is 10.00. The Morgan fingerprint density at radius 1 is 1.03 bits per heavy atom. The van der Waals surface area contributed by atoms with Crippen LogP contribution in [0.25, 0.3) is 10.9 Å². The second kappa shape index (κ2) is 8.24. The average molecular weight is 402 g/mol. The van der Waals surface area contributed by atoms with Gasteiger partial charge in [0.05, 0.1) is 19.7 Å². The third kappa shape index (κ3) is 3.69. The van der Waals surface area contributed by atoms with Crippen LogP contribution in [0, 0.1) is 0 Å². The fraction of sp³-hybridized carbons (Fsp3) is 0.174. The minimum Gasteiger partial charge on any atom is -0.497 e. The first-order valence-electron chi connectivity index (χ1n) is 9.46. The minimum atomic E-state index is -0.686. The van der Waals surface area contributed by atoms with E-state index in [0.717, 1.165) is 16.5 Å². The van der Waals surface area contributed by atoms with Crippen molar-refractivity contribution in [1.82, 2.24) is 14.8 Å². The van der Waals surface area contributed by atoms with E-state index < -0.39 is 6.04 Å². The summed E-state index contributed by atoms with van der Waals surface area (Å²) in [5.74, 6) is 1.09. The van der Waals surface area contributed by atoms with Crippen molar-refractivity contribution in [3.05, 3.63) is 78.2 Å². The van der Waals surface area contributed by atoms with E-state index in [-0.39, 0.29) is 5.78 Å². The van der Waals surface area contributed by atoms with E-state index >= 15 is 0 Å². The molecule has 2 aromatic heterocycles. The number of pyridine rings is 1. The van der Waals surface area contributed by atoms with Crippen molar-refractivity contribution in [3.63, 3.8) is 0 Å². The Morgan fingerprint density at radius 2 is 1.77 bits per heavy atom. The van der Waals surface area contributed by atoms with Gasteiger partial charge in [-0.2, -0.15) is 5.10 Å². The molecule has 0 saturated carbocycles. The van der Waals surface area contributed by atoms with Crippen LogP contribution in [0.3, 0.4) is 0 Å². The van der Waals surface area contributed by atoms with Gasteiger partial charge < -0.3 is 14.8 Å². The van der Waals surface area contributed by atoms with E-state index in [1.807, 2.05) is 49.5 Å². The number of para-hydroxylation sites is 1. The molecule has 30 heavy (non-hydrogen) atoms. The van der Waals surface area contributed by atoms with Crippen molar-refractivity contribution >= 4 is 22.4 Å². The first kappa shape index (κ1) is 19.4. The van der Waals surface area contributed by atoms with Crippen LogP contribution < -0.4 is 14.8 Å². The largest absolute Gasteiger partial charge is 0.497 e. The van der Waals surface area contributed by atoms with E-state index in [0.29, 0.717) is 22.9 Å². The molecule has 1 unspecified atom stereocenters. The zero-order chi connectivity index (χ0) is 21.1. The fourth-order valence-electron chi connectivity index (χ4n) is 3.44. The number of anilines is 1. The monoisotopic (exact) mass is 402 g/mol. The molecular formula is C23H22N4O3. The van der Waals surface area contributed by atoms with Crippen molar-refractivity contribution in [3.8, 4) is 11.5 Å². The second-order valence-electron chi connectivity index (χ2n) is 6.82. The van der Waals surface area contributed by atoms with E-state index in [2.05, 4.69) is 15.4 Å². The number of hydrogen-bond acceptors (Lipinski definition) is 6. The van der Waals surface area contributed by atoms with Gasteiger partial charge in [-0.1, -0.05) is 24.3 Å². The molecule has 0 aliphatic carbocycles. The molecule has 7 nitrogen and oxygen atoms in total. The van der Waals surface area contributed by atoms with Gasteiger partial charge in [-0.15, -0.1) is 0 Å². The number of ketones is 1. The van der Waals surface area contributed by atoms with Crippen molar-refractivity contribution in [2.24, 2.45) is 7.05 Å². The number of nitrogens with one attached hydrogen (secondary N) is 1. The smallest absolute Gasteiger partial charge is 0.210 e. The number of hydrogen-bond donors (Lipinski definition) is 1. The molecule has 0 radical (unpaired) electrons. The topological polar surface area (TPSA) is 78.3 Å². The summed E-state index contributed by atoms with van der Waals surface area (Å²) in [6, 6.07) is 16.1. The average Bonchev–Trinajstić information content (AvgIpc) is 3.14. The molecule has 0 aliphatic heterocycles. The standard InChI is InChI=1S/C23H22N4O3/c1-27-20-9-5-4-8-19(20)22(26-27)23(28)21(15-7-6-10-24-14-15)25-16-11-17(29-2)13-18(12-16)30-3/h4-14,21,25H,1-3H3. The van der Waals surface area contributed by atoms with E-state index in [1.54, 1.807) is 43.4 Å². The summed E-state index contributed by atoms with van der Waals surface area (Å²) < 4.78 is 12.4. The molecule has 0 fully saturated rings. The quantitative estimate of drug-likeness (QED) is 0.471. The highest BCUT2D eigenvalue weighted by molar-refractivity contribution is 6.09. The highest BCUT2D eigenvalue weighted by Gasteiger charge is 2.27. The molecule has 0 aliphatic rings. The Morgan fingerprint density at radius 3 is 2.43 bits per heavy atom. The van der Waals surface area contributed by atoms with Crippen LogP contribution in [0.2, 0.25) is 0 Å². The number of benzene rings is 2. The normalized spacial score (nSPS) is 11.8. The van der Waals surface area contributed by atoms with Crippen LogP contribution in [-0.2, 0) is 7.05 Å². The van der Waals surface area contributed by atoms with Crippen molar-refractivity contribution in [2.75, 3.05) is 19.5 Å². The molecule has 0 bridgehead atoms. The summed E-state index contributed by atoms with van der Waals surface area (Å²) in [4.78, 5) is 17.8. The zero-order valence-corrected chi connectivity index (χ0v) is 17.0. The van der Waals surface area contributed by atoms with Crippen LogP contribution in [0.4, 0.5) is 5.69 Å². The van der Waals surface area contributed by atoms with Crippen LogP contribution in [-0.4, -0.2) is 34.8 Å². The lowest BCUT2D eigenvalue weighted by Crippen LogP contribution is -2.22. The number of carbonyl (C=O) groups excluding carboxylic acids is 1. The maximum Gasteiger partial charge on any atom is 0.210 e. The molecule has 152 valence electrons. The molecule has 1 atom stereocenters. The molecule has 7 heteroatoms. The van der Waals surface area contributed by atoms with Gasteiger partial charge in [0.15, 0.2) is 0 Å². The lowest BCUT2D eigenvalue weighted by molar-refractivity contribution is 0.0965. The maximum absolute atomic E-state index is 13.7. The van der Waals surface area contributed by atoms with Gasteiger partial charge in [0, 0.05) is 54.3 Å². The summed E-state index contributed by atoms with van der Waals surface area (Å²) >= 11 is 0.